The van der Waals surface area contributed by atoms with E-state index >= 15 is 0 Å². The Hall–Kier alpha value is -2.41. The molecule has 0 N–H and O–H groups in total. The highest BCUT2D eigenvalue weighted by Gasteiger charge is 2.22. The van der Waals surface area contributed by atoms with Crippen molar-refractivity contribution in [1.82, 2.24) is 0 Å². The lowest BCUT2D eigenvalue weighted by molar-refractivity contribution is -0.117. The van der Waals surface area contributed by atoms with Gasteiger partial charge in [0.15, 0.2) is 0 Å². The van der Waals surface area contributed by atoms with Crippen molar-refractivity contribution in [1.29, 1.82) is 0 Å². The summed E-state index contributed by atoms with van der Waals surface area (Å²) in [5.74, 6) is -0.342. The maximum atomic E-state index is 12.9. The highest BCUT2D eigenvalue weighted by molar-refractivity contribution is 7.87. The van der Waals surface area contributed by atoms with E-state index in [0.29, 0.717) is 18.7 Å². The molecule has 0 aliphatic carbocycles. The fraction of sp³-hybridized carbons (Fsp3) is 0.188. The summed E-state index contributed by atoms with van der Waals surface area (Å²) in [7, 11) is -4.02. The molecule has 1 amide bonds. The van der Waals surface area contributed by atoms with Crippen LogP contribution in [-0.2, 0) is 14.9 Å². The van der Waals surface area contributed by atoms with E-state index in [0.717, 1.165) is 30.7 Å². The number of rotatable bonds is 4. The van der Waals surface area contributed by atoms with Crippen molar-refractivity contribution in [3.63, 3.8) is 0 Å². The molecule has 1 aliphatic rings. The number of nitrogens with zero attached hydrogens (tertiary/aromatic N) is 1. The Morgan fingerprint density at radius 2 is 1.65 bits per heavy atom. The summed E-state index contributed by atoms with van der Waals surface area (Å²) in [6, 6.07) is 10.6. The molecule has 2 aromatic rings. The lowest BCUT2D eigenvalue weighted by Gasteiger charge is -2.16. The van der Waals surface area contributed by atoms with E-state index in [-0.39, 0.29) is 16.6 Å². The molecule has 1 saturated heterocycles. The van der Waals surface area contributed by atoms with E-state index in [1.807, 2.05) is 0 Å². The Labute approximate surface area is 133 Å². The monoisotopic (exact) mass is 335 g/mol. The zero-order chi connectivity index (χ0) is 16.4. The second kappa shape index (κ2) is 6.00. The third-order valence-electron chi connectivity index (χ3n) is 3.53. The van der Waals surface area contributed by atoms with Gasteiger partial charge in [0.1, 0.15) is 16.5 Å². The van der Waals surface area contributed by atoms with Gasteiger partial charge in [-0.15, -0.1) is 0 Å². The van der Waals surface area contributed by atoms with Crippen LogP contribution in [0.1, 0.15) is 12.8 Å². The van der Waals surface area contributed by atoms with Gasteiger partial charge in [-0.3, -0.25) is 4.79 Å². The summed E-state index contributed by atoms with van der Waals surface area (Å²) < 4.78 is 42.1. The number of halogens is 1. The Morgan fingerprint density at radius 1 is 1.00 bits per heavy atom. The summed E-state index contributed by atoms with van der Waals surface area (Å²) in [5, 5.41) is 0. The van der Waals surface area contributed by atoms with E-state index in [4.69, 9.17) is 4.18 Å². The molecule has 1 aliphatic heterocycles. The molecule has 23 heavy (non-hydrogen) atoms. The van der Waals surface area contributed by atoms with Crippen molar-refractivity contribution in [2.75, 3.05) is 11.4 Å². The molecule has 120 valence electrons. The highest BCUT2D eigenvalue weighted by atomic mass is 32.2. The van der Waals surface area contributed by atoms with Crippen LogP contribution in [0.15, 0.2) is 53.4 Å². The summed E-state index contributed by atoms with van der Waals surface area (Å²) in [6.07, 6.45) is 1.34. The minimum Gasteiger partial charge on any atom is -0.379 e. The topological polar surface area (TPSA) is 63.7 Å². The van der Waals surface area contributed by atoms with Crippen molar-refractivity contribution in [3.8, 4) is 5.75 Å². The molecule has 3 rings (SSSR count). The molecular weight excluding hydrogens is 321 g/mol. The first-order valence-corrected chi connectivity index (χ1v) is 8.47. The van der Waals surface area contributed by atoms with Crippen molar-refractivity contribution in [3.05, 3.63) is 54.3 Å². The minimum absolute atomic E-state index is 0.0533. The van der Waals surface area contributed by atoms with Crippen molar-refractivity contribution < 1.29 is 21.8 Å². The summed E-state index contributed by atoms with van der Waals surface area (Å²) in [5.41, 5.74) is 0.707. The van der Waals surface area contributed by atoms with Gasteiger partial charge in [-0.2, -0.15) is 8.42 Å². The summed E-state index contributed by atoms with van der Waals surface area (Å²) in [6.45, 7) is 0.660. The lowest BCUT2D eigenvalue weighted by Crippen LogP contribution is -2.23. The molecule has 0 aromatic heterocycles. The van der Waals surface area contributed by atoms with E-state index < -0.39 is 15.9 Å². The number of carbonyl (C=O) groups excluding carboxylic acids is 1. The van der Waals surface area contributed by atoms with Crippen LogP contribution in [0.3, 0.4) is 0 Å². The van der Waals surface area contributed by atoms with Crippen LogP contribution in [0.5, 0.6) is 5.75 Å². The average Bonchev–Trinajstić information content (AvgIpc) is 2.94. The van der Waals surface area contributed by atoms with E-state index in [9.17, 15) is 17.6 Å². The molecule has 0 bridgehead atoms. The molecule has 7 heteroatoms. The van der Waals surface area contributed by atoms with E-state index in [1.165, 1.54) is 12.1 Å². The smallest absolute Gasteiger partial charge is 0.339 e. The van der Waals surface area contributed by atoms with Gasteiger partial charge in [0.2, 0.25) is 5.91 Å². The number of amides is 1. The second-order valence-corrected chi connectivity index (χ2v) is 6.68. The maximum Gasteiger partial charge on any atom is 0.339 e. The van der Waals surface area contributed by atoms with Gasteiger partial charge in [-0.05, 0) is 55.0 Å². The number of anilines is 1. The molecule has 2 aromatic carbocycles. The van der Waals surface area contributed by atoms with Gasteiger partial charge >= 0.3 is 10.1 Å². The Kier molecular flexibility index (Phi) is 4.04. The first-order valence-electron chi connectivity index (χ1n) is 7.06. The average molecular weight is 335 g/mol. The number of carbonyl (C=O) groups is 1. The maximum absolute atomic E-state index is 12.9. The van der Waals surface area contributed by atoms with Crippen LogP contribution in [-0.4, -0.2) is 20.9 Å². The Morgan fingerprint density at radius 3 is 2.22 bits per heavy atom. The van der Waals surface area contributed by atoms with Crippen LogP contribution < -0.4 is 9.08 Å². The van der Waals surface area contributed by atoms with Gasteiger partial charge in [-0.1, -0.05) is 0 Å². The first-order chi connectivity index (χ1) is 11.0. The van der Waals surface area contributed by atoms with Crippen LogP contribution in [0, 0.1) is 5.82 Å². The Balaban J connectivity index is 1.77. The summed E-state index contributed by atoms with van der Waals surface area (Å²) >= 11 is 0. The number of benzene rings is 2. The van der Waals surface area contributed by atoms with E-state index in [1.54, 1.807) is 17.0 Å². The van der Waals surface area contributed by atoms with Gasteiger partial charge in [0.05, 0.1) is 0 Å². The molecule has 0 saturated carbocycles. The Bertz CT molecular complexity index is 816. The quantitative estimate of drug-likeness (QED) is 0.806. The number of hydrogen-bond acceptors (Lipinski definition) is 4. The highest BCUT2D eigenvalue weighted by Crippen LogP contribution is 2.25. The molecule has 1 heterocycles. The predicted molar refractivity (Wildman–Crippen MR) is 82.2 cm³/mol. The van der Waals surface area contributed by atoms with Crippen LogP contribution >= 0.6 is 0 Å². The SMILES string of the molecule is O=C1CCCN1c1ccc(OS(=O)(=O)c2ccc(F)cc2)cc1. The zero-order valence-corrected chi connectivity index (χ0v) is 12.9. The van der Waals surface area contributed by atoms with Gasteiger partial charge in [0, 0.05) is 18.7 Å². The fourth-order valence-corrected chi connectivity index (χ4v) is 3.31. The standard InChI is InChI=1S/C16H14FNO4S/c17-12-3-9-15(10-4-12)23(20,21)22-14-7-5-13(6-8-14)18-11-1-2-16(18)19/h3-10H,1-2,11H2. The van der Waals surface area contributed by atoms with Gasteiger partial charge in [0.25, 0.3) is 0 Å². The second-order valence-electron chi connectivity index (χ2n) is 5.13. The minimum atomic E-state index is -4.02. The predicted octanol–water partition coefficient (Wildman–Crippen LogP) is 2.72. The van der Waals surface area contributed by atoms with Crippen molar-refractivity contribution in [2.45, 2.75) is 17.7 Å². The third-order valence-corrected chi connectivity index (χ3v) is 4.79. The van der Waals surface area contributed by atoms with Crippen molar-refractivity contribution >= 4 is 21.7 Å². The van der Waals surface area contributed by atoms with Crippen LogP contribution in [0.25, 0.3) is 0 Å². The first kappa shape index (κ1) is 15.5. The number of hydrogen-bond donors (Lipinski definition) is 0. The molecule has 0 radical (unpaired) electrons. The third kappa shape index (κ3) is 3.34. The molecule has 0 unspecified atom stereocenters. The fourth-order valence-electron chi connectivity index (χ4n) is 2.38. The van der Waals surface area contributed by atoms with Crippen molar-refractivity contribution in [2.24, 2.45) is 0 Å². The normalized spacial score (nSPS) is 15.0. The molecular formula is C16H14FNO4S. The lowest BCUT2D eigenvalue weighted by atomic mass is 10.3. The largest absolute Gasteiger partial charge is 0.379 e. The molecule has 0 atom stereocenters. The molecule has 5 nitrogen and oxygen atoms in total. The van der Waals surface area contributed by atoms with Crippen LogP contribution in [0.4, 0.5) is 10.1 Å². The summed E-state index contributed by atoms with van der Waals surface area (Å²) in [4.78, 5) is 13.2. The molecule has 0 spiro atoms. The van der Waals surface area contributed by atoms with Gasteiger partial charge in [-0.25, -0.2) is 4.39 Å². The van der Waals surface area contributed by atoms with Gasteiger partial charge < -0.3 is 9.08 Å². The van der Waals surface area contributed by atoms with E-state index in [2.05, 4.69) is 0 Å². The molecule has 1 fully saturated rings. The van der Waals surface area contributed by atoms with Crippen LogP contribution in [0.2, 0.25) is 0 Å². The zero-order valence-electron chi connectivity index (χ0n) is 12.1.